The van der Waals surface area contributed by atoms with E-state index in [1.807, 2.05) is 13.8 Å². The molecule has 0 aliphatic heterocycles. The van der Waals surface area contributed by atoms with Crippen molar-refractivity contribution in [2.75, 3.05) is 5.73 Å². The molecular weight excluding hydrogens is 301 g/mol. The van der Waals surface area contributed by atoms with Crippen LogP contribution in [0.5, 0.6) is 0 Å². The summed E-state index contributed by atoms with van der Waals surface area (Å²) in [6, 6.07) is 0. The molecule has 2 heterocycles. The standard InChI is InChI=1S/C12H15Cl2N5O/c1-3-7-9(13)8(19(4-2)17-7)5-18-6-16-11(14)10(15)12(18)20/h6H,3-5,15H2,1-2H3. The molecule has 108 valence electrons. The summed E-state index contributed by atoms with van der Waals surface area (Å²) in [5.41, 5.74) is 6.71. The van der Waals surface area contributed by atoms with Gasteiger partial charge in [-0.15, -0.1) is 0 Å². The molecule has 0 radical (unpaired) electrons. The highest BCUT2D eigenvalue weighted by atomic mass is 35.5. The van der Waals surface area contributed by atoms with Crippen LogP contribution in [-0.4, -0.2) is 19.3 Å². The van der Waals surface area contributed by atoms with Crippen LogP contribution in [0.4, 0.5) is 5.69 Å². The van der Waals surface area contributed by atoms with Crippen molar-refractivity contribution >= 4 is 28.9 Å². The Kier molecular flexibility index (Phi) is 4.35. The Morgan fingerprint density at radius 2 is 2.05 bits per heavy atom. The number of halogens is 2. The van der Waals surface area contributed by atoms with E-state index in [4.69, 9.17) is 28.9 Å². The summed E-state index contributed by atoms with van der Waals surface area (Å²) in [7, 11) is 0. The molecule has 0 unspecified atom stereocenters. The summed E-state index contributed by atoms with van der Waals surface area (Å²) in [4.78, 5) is 15.9. The first kappa shape index (κ1) is 14.9. The van der Waals surface area contributed by atoms with Gasteiger partial charge in [0.15, 0.2) is 5.15 Å². The van der Waals surface area contributed by atoms with Gasteiger partial charge in [-0.25, -0.2) is 4.98 Å². The predicted octanol–water partition coefficient (Wildman–Crippen LogP) is 1.96. The molecule has 0 aliphatic rings. The number of nitrogens with two attached hydrogens (primary N) is 1. The maximum atomic E-state index is 12.0. The van der Waals surface area contributed by atoms with E-state index in [2.05, 4.69) is 10.1 Å². The van der Waals surface area contributed by atoms with Crippen LogP contribution in [0.25, 0.3) is 0 Å². The molecule has 2 rings (SSSR count). The molecule has 0 saturated heterocycles. The minimum atomic E-state index is -0.386. The molecular formula is C12H15Cl2N5O. The summed E-state index contributed by atoms with van der Waals surface area (Å²) in [6.45, 7) is 4.86. The summed E-state index contributed by atoms with van der Waals surface area (Å²) in [6.07, 6.45) is 2.09. The van der Waals surface area contributed by atoms with Crippen molar-refractivity contribution in [3.63, 3.8) is 0 Å². The molecule has 0 fully saturated rings. The second-order valence-corrected chi connectivity index (χ2v) is 4.99. The molecule has 8 heteroatoms. The minimum Gasteiger partial charge on any atom is -0.392 e. The lowest BCUT2D eigenvalue weighted by Crippen LogP contribution is -2.25. The average molecular weight is 316 g/mol. The Morgan fingerprint density at radius 1 is 1.35 bits per heavy atom. The van der Waals surface area contributed by atoms with Gasteiger partial charge in [0.05, 0.1) is 29.3 Å². The molecule has 0 atom stereocenters. The van der Waals surface area contributed by atoms with Gasteiger partial charge in [0.1, 0.15) is 5.69 Å². The molecule has 6 nitrogen and oxygen atoms in total. The third-order valence-electron chi connectivity index (χ3n) is 3.04. The van der Waals surface area contributed by atoms with Gasteiger partial charge >= 0.3 is 0 Å². The van der Waals surface area contributed by atoms with Crippen molar-refractivity contribution in [2.24, 2.45) is 0 Å². The van der Waals surface area contributed by atoms with Crippen molar-refractivity contribution in [1.29, 1.82) is 0 Å². The fraction of sp³-hybridized carbons (Fsp3) is 0.417. The summed E-state index contributed by atoms with van der Waals surface area (Å²) in [5.74, 6) is 0. The largest absolute Gasteiger partial charge is 0.392 e. The summed E-state index contributed by atoms with van der Waals surface area (Å²) in [5, 5.41) is 4.99. The fourth-order valence-corrected chi connectivity index (χ4v) is 2.38. The van der Waals surface area contributed by atoms with Gasteiger partial charge in [-0.3, -0.25) is 14.0 Å². The van der Waals surface area contributed by atoms with E-state index in [1.165, 1.54) is 10.9 Å². The number of hydrogen-bond donors (Lipinski definition) is 1. The first-order valence-corrected chi connectivity index (χ1v) is 6.99. The molecule has 2 N–H and O–H groups in total. The van der Waals surface area contributed by atoms with E-state index < -0.39 is 0 Å². The lowest BCUT2D eigenvalue weighted by atomic mass is 10.3. The smallest absolute Gasteiger partial charge is 0.278 e. The highest BCUT2D eigenvalue weighted by Gasteiger charge is 2.16. The Labute approximate surface area is 126 Å². The topological polar surface area (TPSA) is 78.7 Å². The van der Waals surface area contributed by atoms with Crippen molar-refractivity contribution in [2.45, 2.75) is 33.4 Å². The van der Waals surface area contributed by atoms with Crippen molar-refractivity contribution in [1.82, 2.24) is 19.3 Å². The Morgan fingerprint density at radius 3 is 2.65 bits per heavy atom. The average Bonchev–Trinajstić information content (AvgIpc) is 2.75. The molecule has 0 aliphatic carbocycles. The SMILES string of the molecule is CCc1nn(CC)c(Cn2cnc(Cl)c(N)c2=O)c1Cl. The number of hydrogen-bond acceptors (Lipinski definition) is 4. The summed E-state index contributed by atoms with van der Waals surface area (Å²) < 4.78 is 3.15. The van der Waals surface area contributed by atoms with Gasteiger partial charge < -0.3 is 5.73 Å². The number of rotatable bonds is 4. The zero-order valence-corrected chi connectivity index (χ0v) is 12.7. The Bertz CT molecular complexity index is 692. The van der Waals surface area contributed by atoms with Crippen LogP contribution in [0.2, 0.25) is 10.2 Å². The quantitative estimate of drug-likeness (QED) is 0.875. The molecule has 0 saturated carbocycles. The van der Waals surface area contributed by atoms with Crippen LogP contribution in [0.1, 0.15) is 25.2 Å². The van der Waals surface area contributed by atoms with Crippen LogP contribution in [-0.2, 0) is 19.5 Å². The van der Waals surface area contributed by atoms with E-state index in [0.29, 0.717) is 11.6 Å². The zero-order chi connectivity index (χ0) is 14.9. The fourth-order valence-electron chi connectivity index (χ4n) is 1.93. The van der Waals surface area contributed by atoms with E-state index >= 15 is 0 Å². The normalized spacial score (nSPS) is 11.0. The Balaban J connectivity index is 2.47. The summed E-state index contributed by atoms with van der Waals surface area (Å²) >= 11 is 12.0. The first-order valence-electron chi connectivity index (χ1n) is 6.24. The minimum absolute atomic E-state index is 0.00981. The van der Waals surface area contributed by atoms with Crippen LogP contribution in [0.15, 0.2) is 11.1 Å². The molecule has 0 aromatic carbocycles. The number of nitrogens with zero attached hydrogens (tertiary/aromatic N) is 4. The van der Waals surface area contributed by atoms with Crippen LogP contribution < -0.4 is 11.3 Å². The van der Waals surface area contributed by atoms with Gasteiger partial charge in [-0.1, -0.05) is 30.1 Å². The van der Waals surface area contributed by atoms with Gasteiger partial charge in [0.2, 0.25) is 0 Å². The first-order chi connectivity index (χ1) is 9.49. The van der Waals surface area contributed by atoms with Gasteiger partial charge in [-0.05, 0) is 13.3 Å². The van der Waals surface area contributed by atoms with E-state index in [9.17, 15) is 4.79 Å². The molecule has 0 amide bonds. The highest BCUT2D eigenvalue weighted by molar-refractivity contribution is 6.32. The number of anilines is 1. The van der Waals surface area contributed by atoms with E-state index in [-0.39, 0.29) is 22.9 Å². The lowest BCUT2D eigenvalue weighted by Gasteiger charge is -2.09. The highest BCUT2D eigenvalue weighted by Crippen LogP contribution is 2.22. The van der Waals surface area contributed by atoms with Gasteiger partial charge in [0, 0.05) is 6.54 Å². The predicted molar refractivity (Wildman–Crippen MR) is 79.3 cm³/mol. The van der Waals surface area contributed by atoms with Crippen LogP contribution in [0, 0.1) is 0 Å². The number of aromatic nitrogens is 4. The van der Waals surface area contributed by atoms with Gasteiger partial charge in [-0.2, -0.15) is 5.10 Å². The number of nitrogen functional groups attached to an aromatic ring is 1. The van der Waals surface area contributed by atoms with Crippen LogP contribution >= 0.6 is 23.2 Å². The van der Waals surface area contributed by atoms with E-state index in [0.717, 1.165) is 17.8 Å². The second-order valence-electron chi connectivity index (χ2n) is 4.26. The third kappa shape index (κ3) is 2.53. The monoisotopic (exact) mass is 315 g/mol. The Hall–Kier alpha value is -1.53. The van der Waals surface area contributed by atoms with Gasteiger partial charge in [0.25, 0.3) is 5.56 Å². The molecule has 20 heavy (non-hydrogen) atoms. The molecule has 0 bridgehead atoms. The van der Waals surface area contributed by atoms with Crippen LogP contribution in [0.3, 0.4) is 0 Å². The van der Waals surface area contributed by atoms with E-state index in [1.54, 1.807) is 4.68 Å². The maximum Gasteiger partial charge on any atom is 0.278 e. The second kappa shape index (κ2) is 5.85. The van der Waals surface area contributed by atoms with Crippen molar-refractivity contribution in [3.05, 3.63) is 38.2 Å². The molecule has 2 aromatic heterocycles. The molecule has 0 spiro atoms. The lowest BCUT2D eigenvalue weighted by molar-refractivity contribution is 0.587. The maximum absolute atomic E-state index is 12.0. The zero-order valence-electron chi connectivity index (χ0n) is 11.2. The molecule has 2 aromatic rings. The van der Waals surface area contributed by atoms with Crippen molar-refractivity contribution < 1.29 is 0 Å². The third-order valence-corrected chi connectivity index (χ3v) is 3.78. The number of aryl methyl sites for hydroxylation is 2. The van der Waals surface area contributed by atoms with Crippen molar-refractivity contribution in [3.8, 4) is 0 Å².